The van der Waals surface area contributed by atoms with Gasteiger partial charge in [-0.25, -0.2) is 18.7 Å². The fraction of sp³-hybridized carbons (Fsp3) is 0.545. The van der Waals surface area contributed by atoms with E-state index in [2.05, 4.69) is 30.9 Å². The Morgan fingerprint density at radius 2 is 2.21 bits per heavy atom. The van der Waals surface area contributed by atoms with Crippen LogP contribution in [-0.4, -0.2) is 55.8 Å². The summed E-state index contributed by atoms with van der Waals surface area (Å²) < 4.78 is 27.5. The van der Waals surface area contributed by atoms with Gasteiger partial charge < -0.3 is 20.1 Å². The Kier molecular flexibility index (Phi) is 5.43. The Balaban J connectivity index is 1.27. The van der Waals surface area contributed by atoms with Crippen LogP contribution >= 0.6 is 0 Å². The van der Waals surface area contributed by atoms with Crippen LogP contribution in [0.25, 0.3) is 5.52 Å². The molecule has 2 fully saturated rings. The first-order valence-electron chi connectivity index (χ1n) is 11.1. The van der Waals surface area contributed by atoms with Crippen LogP contribution in [0, 0.1) is 6.92 Å². The Morgan fingerprint density at radius 3 is 2.97 bits per heavy atom. The highest BCUT2D eigenvalue weighted by atomic mass is 19.1. The number of H-pyrrole nitrogens is 1. The molecule has 0 unspecified atom stereocenters. The SMILES string of the molecule is COCc1nn2ccnc(Nc3cc([C@H]4CC[C@@H](OC(=O)NC5(C)CC5)[C@H]4F)[nH]n3)c2c1C. The minimum Gasteiger partial charge on any atom is -0.443 e. The molecule has 10 nitrogen and oxygen atoms in total. The molecule has 0 aromatic carbocycles. The van der Waals surface area contributed by atoms with E-state index in [1.165, 1.54) is 0 Å². The molecule has 3 atom stereocenters. The van der Waals surface area contributed by atoms with E-state index in [9.17, 15) is 4.79 Å². The van der Waals surface area contributed by atoms with Crippen molar-refractivity contribution in [1.29, 1.82) is 0 Å². The number of amides is 1. The van der Waals surface area contributed by atoms with Gasteiger partial charge in [-0.05, 0) is 39.5 Å². The van der Waals surface area contributed by atoms with Crippen LogP contribution < -0.4 is 10.6 Å². The first-order valence-corrected chi connectivity index (χ1v) is 11.1. The zero-order valence-corrected chi connectivity index (χ0v) is 18.9. The van der Waals surface area contributed by atoms with Gasteiger partial charge in [0.05, 0.1) is 12.3 Å². The van der Waals surface area contributed by atoms with E-state index in [1.807, 2.05) is 13.8 Å². The summed E-state index contributed by atoms with van der Waals surface area (Å²) in [5.74, 6) is 0.698. The summed E-state index contributed by atoms with van der Waals surface area (Å²) in [5.41, 5.74) is 3.07. The molecule has 0 saturated heterocycles. The van der Waals surface area contributed by atoms with Gasteiger partial charge in [-0.2, -0.15) is 10.2 Å². The predicted molar refractivity (Wildman–Crippen MR) is 118 cm³/mol. The van der Waals surface area contributed by atoms with E-state index >= 15 is 4.39 Å². The second-order valence-corrected chi connectivity index (χ2v) is 9.16. The number of hydrogen-bond donors (Lipinski definition) is 3. The van der Waals surface area contributed by atoms with E-state index < -0.39 is 24.3 Å². The Labute approximate surface area is 190 Å². The van der Waals surface area contributed by atoms with E-state index in [1.54, 1.807) is 30.1 Å². The maximum Gasteiger partial charge on any atom is 0.407 e. The molecule has 0 bridgehead atoms. The van der Waals surface area contributed by atoms with E-state index in [0.29, 0.717) is 36.8 Å². The minimum absolute atomic E-state index is 0.195. The number of nitrogens with one attached hydrogen (secondary N) is 3. The van der Waals surface area contributed by atoms with Crippen molar-refractivity contribution in [3.63, 3.8) is 0 Å². The molecule has 3 heterocycles. The first kappa shape index (κ1) is 21.6. The van der Waals surface area contributed by atoms with E-state index in [-0.39, 0.29) is 5.54 Å². The van der Waals surface area contributed by atoms with E-state index in [0.717, 1.165) is 29.6 Å². The van der Waals surface area contributed by atoms with Gasteiger partial charge in [0.1, 0.15) is 17.8 Å². The van der Waals surface area contributed by atoms with Gasteiger partial charge in [-0.3, -0.25) is 5.10 Å². The maximum atomic E-state index is 15.1. The molecule has 0 radical (unpaired) electrons. The minimum atomic E-state index is -1.30. The highest BCUT2D eigenvalue weighted by molar-refractivity contribution is 5.76. The summed E-state index contributed by atoms with van der Waals surface area (Å²) >= 11 is 0. The molecular formula is C22H28FN7O3. The number of carbonyl (C=O) groups is 1. The highest BCUT2D eigenvalue weighted by Crippen LogP contribution is 2.39. The van der Waals surface area contributed by atoms with Gasteiger partial charge in [-0.1, -0.05) is 0 Å². The second kappa shape index (κ2) is 8.29. The maximum absolute atomic E-state index is 15.1. The molecule has 33 heavy (non-hydrogen) atoms. The lowest BCUT2D eigenvalue weighted by Gasteiger charge is -2.19. The number of ether oxygens (including phenoxy) is 2. The Bertz CT molecular complexity index is 1170. The number of alkyl halides is 1. The number of carbonyl (C=O) groups excluding carboxylic acids is 1. The molecule has 0 aliphatic heterocycles. The Hall–Kier alpha value is -3.21. The van der Waals surface area contributed by atoms with Crippen molar-refractivity contribution < 1.29 is 18.7 Å². The van der Waals surface area contributed by atoms with Gasteiger partial charge in [0.15, 0.2) is 11.6 Å². The van der Waals surface area contributed by atoms with Crippen molar-refractivity contribution in [1.82, 2.24) is 30.1 Å². The lowest BCUT2D eigenvalue weighted by molar-refractivity contribution is 0.0546. The van der Waals surface area contributed by atoms with Crippen molar-refractivity contribution in [3.8, 4) is 0 Å². The van der Waals surface area contributed by atoms with Crippen LogP contribution in [-0.2, 0) is 16.1 Å². The smallest absolute Gasteiger partial charge is 0.407 e. The monoisotopic (exact) mass is 457 g/mol. The van der Waals surface area contributed by atoms with Crippen molar-refractivity contribution in [3.05, 3.63) is 35.4 Å². The number of fused-ring (bicyclic) bond motifs is 1. The predicted octanol–water partition coefficient (Wildman–Crippen LogP) is 3.51. The number of nitrogens with zero attached hydrogens (tertiary/aromatic N) is 4. The normalized spacial score (nSPS) is 23.6. The number of aromatic nitrogens is 5. The average molecular weight is 458 g/mol. The zero-order chi connectivity index (χ0) is 23.2. The number of methoxy groups -OCH3 is 1. The number of aryl methyl sites for hydroxylation is 1. The molecule has 2 saturated carbocycles. The summed E-state index contributed by atoms with van der Waals surface area (Å²) in [7, 11) is 1.63. The van der Waals surface area contributed by atoms with Crippen molar-refractivity contribution in [2.45, 2.75) is 69.9 Å². The zero-order valence-electron chi connectivity index (χ0n) is 18.9. The van der Waals surface area contributed by atoms with Gasteiger partial charge in [0.2, 0.25) is 0 Å². The fourth-order valence-corrected chi connectivity index (χ4v) is 4.37. The number of alkyl carbamates (subject to hydrolysis) is 1. The van der Waals surface area contributed by atoms with Crippen molar-refractivity contribution in [2.24, 2.45) is 0 Å². The third-order valence-electron chi connectivity index (χ3n) is 6.57. The number of halogens is 1. The van der Waals surface area contributed by atoms with Crippen LogP contribution in [0.5, 0.6) is 0 Å². The Morgan fingerprint density at radius 1 is 1.39 bits per heavy atom. The molecule has 2 aliphatic rings. The molecule has 3 N–H and O–H groups in total. The number of anilines is 2. The van der Waals surface area contributed by atoms with Crippen molar-refractivity contribution in [2.75, 3.05) is 12.4 Å². The lowest BCUT2D eigenvalue weighted by Crippen LogP contribution is -2.38. The molecular weight excluding hydrogens is 429 g/mol. The summed E-state index contributed by atoms with van der Waals surface area (Å²) in [4.78, 5) is 16.5. The summed E-state index contributed by atoms with van der Waals surface area (Å²) in [6.07, 6.45) is 3.69. The molecule has 11 heteroatoms. The van der Waals surface area contributed by atoms with E-state index in [4.69, 9.17) is 9.47 Å². The van der Waals surface area contributed by atoms with Crippen LogP contribution in [0.4, 0.5) is 20.8 Å². The van der Waals surface area contributed by atoms with Gasteiger partial charge in [-0.15, -0.1) is 0 Å². The van der Waals surface area contributed by atoms with Crippen LogP contribution in [0.3, 0.4) is 0 Å². The fourth-order valence-electron chi connectivity index (χ4n) is 4.37. The molecule has 1 amide bonds. The van der Waals surface area contributed by atoms with Crippen molar-refractivity contribution >= 4 is 23.2 Å². The summed E-state index contributed by atoms with van der Waals surface area (Å²) in [6, 6.07) is 1.78. The van der Waals surface area contributed by atoms with Gasteiger partial charge >= 0.3 is 6.09 Å². The molecule has 3 aromatic heterocycles. The van der Waals surface area contributed by atoms with Crippen LogP contribution in [0.1, 0.15) is 55.5 Å². The second-order valence-electron chi connectivity index (χ2n) is 9.16. The number of aromatic amines is 1. The number of hydrogen-bond acceptors (Lipinski definition) is 7. The number of rotatable bonds is 7. The quantitative estimate of drug-likeness (QED) is 0.497. The molecule has 0 spiro atoms. The van der Waals surface area contributed by atoms with Gasteiger partial charge in [0, 0.05) is 48.3 Å². The highest BCUT2D eigenvalue weighted by Gasteiger charge is 2.43. The third-order valence-corrected chi connectivity index (χ3v) is 6.57. The standard InChI is InChI=1S/C22H28FN7O3/c1-12-15(11-32-3)29-30-9-8-24-20(19(12)30)25-17-10-14(27-28-17)13-4-5-16(18(13)23)33-21(31)26-22(2)6-7-22/h8-10,13,16,18H,4-7,11H2,1-3H3,(H,26,31)(H2,24,25,27,28)/t13-,16-,18+/m1/s1. The largest absolute Gasteiger partial charge is 0.443 e. The third kappa shape index (κ3) is 4.24. The first-order chi connectivity index (χ1) is 15.9. The lowest BCUT2D eigenvalue weighted by atomic mass is 10.0. The van der Waals surface area contributed by atoms with Crippen LogP contribution in [0.2, 0.25) is 0 Å². The molecule has 176 valence electrons. The average Bonchev–Trinajstić information content (AvgIpc) is 3.08. The molecule has 2 aliphatic carbocycles. The van der Waals surface area contributed by atoms with Gasteiger partial charge in [0.25, 0.3) is 0 Å². The molecule has 5 rings (SSSR count). The summed E-state index contributed by atoms with van der Waals surface area (Å²) in [5, 5.41) is 17.8. The van der Waals surface area contributed by atoms with Crippen LogP contribution in [0.15, 0.2) is 18.5 Å². The topological polar surface area (TPSA) is 118 Å². The summed E-state index contributed by atoms with van der Waals surface area (Å²) in [6.45, 7) is 4.32. The molecule has 3 aromatic rings.